The average Bonchev–Trinajstić information content (AvgIpc) is 2.84. The molecule has 2 fully saturated rings. The lowest BCUT2D eigenvalue weighted by Crippen LogP contribution is -2.47. The molecule has 1 atom stereocenters. The number of aromatic nitrogens is 1. The number of nitro benzene ring substituents is 1. The number of rotatable bonds is 6. The lowest BCUT2D eigenvalue weighted by Gasteiger charge is -2.38. The predicted octanol–water partition coefficient (Wildman–Crippen LogP) is 1.89. The molecule has 4 rings (SSSR count). The first-order valence-corrected chi connectivity index (χ1v) is 12.1. The van der Waals surface area contributed by atoms with Gasteiger partial charge in [-0.15, -0.1) is 0 Å². The first-order valence-electron chi connectivity index (χ1n) is 10.6. The molecule has 32 heavy (non-hydrogen) atoms. The summed E-state index contributed by atoms with van der Waals surface area (Å²) in [5.74, 6) is 0.744. The molecular formula is C21H27N5O5S. The molecule has 0 saturated carbocycles. The van der Waals surface area contributed by atoms with E-state index >= 15 is 0 Å². The third kappa shape index (κ3) is 4.75. The normalized spacial score (nSPS) is 19.6. The van der Waals surface area contributed by atoms with Crippen molar-refractivity contribution in [2.45, 2.75) is 17.9 Å². The zero-order valence-electron chi connectivity index (χ0n) is 18.0. The molecule has 0 bridgehead atoms. The molecule has 0 N–H and O–H groups in total. The van der Waals surface area contributed by atoms with E-state index in [1.54, 1.807) is 24.3 Å². The van der Waals surface area contributed by atoms with Gasteiger partial charge < -0.3 is 9.64 Å². The minimum Gasteiger partial charge on any atom is -0.379 e. The molecule has 2 aliphatic rings. The first-order chi connectivity index (χ1) is 15.4. The van der Waals surface area contributed by atoms with E-state index in [1.807, 2.05) is 6.07 Å². The van der Waals surface area contributed by atoms with Crippen LogP contribution in [0.15, 0.2) is 47.5 Å². The van der Waals surface area contributed by atoms with Crippen LogP contribution in [0.3, 0.4) is 0 Å². The lowest BCUT2D eigenvalue weighted by atomic mass is 10.1. The molecule has 11 heteroatoms. The quantitative estimate of drug-likeness (QED) is 0.474. The van der Waals surface area contributed by atoms with Crippen molar-refractivity contribution in [1.29, 1.82) is 0 Å². The molecule has 0 aliphatic carbocycles. The summed E-state index contributed by atoms with van der Waals surface area (Å²) >= 11 is 0. The summed E-state index contributed by atoms with van der Waals surface area (Å²) in [6, 6.07) is 10.2. The number of pyridine rings is 1. The number of morpholine rings is 1. The van der Waals surface area contributed by atoms with Gasteiger partial charge in [0.15, 0.2) is 0 Å². The van der Waals surface area contributed by atoms with Crippen LogP contribution in [0.4, 0.5) is 11.5 Å². The highest BCUT2D eigenvalue weighted by atomic mass is 32.2. The molecule has 0 radical (unpaired) electrons. The maximum absolute atomic E-state index is 12.8. The summed E-state index contributed by atoms with van der Waals surface area (Å²) in [5, 5.41) is 11.1. The van der Waals surface area contributed by atoms with E-state index in [0.717, 1.165) is 37.6 Å². The van der Waals surface area contributed by atoms with Crippen LogP contribution in [0.25, 0.3) is 0 Å². The molecule has 1 aromatic carbocycles. The molecule has 0 spiro atoms. The van der Waals surface area contributed by atoms with Crippen molar-refractivity contribution >= 4 is 21.5 Å². The van der Waals surface area contributed by atoms with Gasteiger partial charge in [-0.25, -0.2) is 13.4 Å². The number of sulfonamides is 1. The van der Waals surface area contributed by atoms with Gasteiger partial charge in [0.2, 0.25) is 10.0 Å². The summed E-state index contributed by atoms with van der Waals surface area (Å²) in [5.41, 5.74) is 1.02. The van der Waals surface area contributed by atoms with Crippen LogP contribution in [0.2, 0.25) is 0 Å². The summed E-state index contributed by atoms with van der Waals surface area (Å²) in [6.45, 7) is 6.61. The molecule has 2 aliphatic heterocycles. The number of hydrogen-bond donors (Lipinski definition) is 0. The minimum atomic E-state index is -3.55. The monoisotopic (exact) mass is 461 g/mol. The molecular weight excluding hydrogens is 434 g/mol. The van der Waals surface area contributed by atoms with Crippen molar-refractivity contribution in [2.75, 3.05) is 57.4 Å². The van der Waals surface area contributed by atoms with Gasteiger partial charge in [-0.3, -0.25) is 15.0 Å². The van der Waals surface area contributed by atoms with Crippen LogP contribution in [0.5, 0.6) is 0 Å². The van der Waals surface area contributed by atoms with Crippen molar-refractivity contribution in [1.82, 2.24) is 14.2 Å². The second-order valence-electron chi connectivity index (χ2n) is 7.92. The second kappa shape index (κ2) is 9.49. The van der Waals surface area contributed by atoms with Gasteiger partial charge in [-0.05, 0) is 24.6 Å². The van der Waals surface area contributed by atoms with Crippen LogP contribution < -0.4 is 4.90 Å². The Labute approximate surface area is 187 Å². The molecule has 2 saturated heterocycles. The van der Waals surface area contributed by atoms with Gasteiger partial charge in [-0.1, -0.05) is 12.1 Å². The zero-order chi connectivity index (χ0) is 22.7. The zero-order valence-corrected chi connectivity index (χ0v) is 18.8. The summed E-state index contributed by atoms with van der Waals surface area (Å²) in [4.78, 5) is 19.7. The number of nitro groups is 1. The standard InChI is InChI=1S/C21H27N5O5S/c1-17(18-3-2-4-19(15-18)26(27)28)23-7-9-24(10-8-23)21-6-5-20(16-22-21)32(29,30)25-11-13-31-14-12-25/h2-6,15-17H,7-14H2,1H3. The number of hydrogen-bond acceptors (Lipinski definition) is 8. The first kappa shape index (κ1) is 22.6. The van der Waals surface area contributed by atoms with Crippen LogP contribution in [0, 0.1) is 10.1 Å². The fraction of sp³-hybridized carbons (Fsp3) is 0.476. The maximum Gasteiger partial charge on any atom is 0.269 e. The van der Waals surface area contributed by atoms with Gasteiger partial charge in [0, 0.05) is 63.6 Å². The van der Waals surface area contributed by atoms with Crippen molar-refractivity contribution in [3.05, 3.63) is 58.3 Å². The molecule has 3 heterocycles. The number of non-ortho nitro benzene ring substituents is 1. The summed E-state index contributed by atoms with van der Waals surface area (Å²) < 4.78 is 32.2. The van der Waals surface area contributed by atoms with Crippen LogP contribution >= 0.6 is 0 Å². The van der Waals surface area contributed by atoms with Crippen LogP contribution in [0.1, 0.15) is 18.5 Å². The van der Waals surface area contributed by atoms with Gasteiger partial charge in [0.05, 0.1) is 18.1 Å². The van der Waals surface area contributed by atoms with Gasteiger partial charge in [0.25, 0.3) is 5.69 Å². The SMILES string of the molecule is CC(c1cccc([N+](=O)[O-])c1)N1CCN(c2ccc(S(=O)(=O)N3CCOCC3)cn2)CC1. The van der Waals surface area contributed by atoms with Gasteiger partial charge in [0.1, 0.15) is 10.7 Å². The van der Waals surface area contributed by atoms with Crippen LogP contribution in [-0.2, 0) is 14.8 Å². The molecule has 1 unspecified atom stereocenters. The Morgan fingerprint density at radius 1 is 1.06 bits per heavy atom. The van der Waals surface area contributed by atoms with E-state index in [0.29, 0.717) is 26.3 Å². The lowest BCUT2D eigenvalue weighted by molar-refractivity contribution is -0.385. The highest BCUT2D eigenvalue weighted by Gasteiger charge is 2.28. The highest BCUT2D eigenvalue weighted by molar-refractivity contribution is 7.89. The Hall–Kier alpha value is -2.60. The van der Waals surface area contributed by atoms with E-state index < -0.39 is 10.0 Å². The van der Waals surface area contributed by atoms with E-state index in [4.69, 9.17) is 4.74 Å². The van der Waals surface area contributed by atoms with Gasteiger partial charge >= 0.3 is 0 Å². The third-order valence-corrected chi connectivity index (χ3v) is 7.96. The Kier molecular flexibility index (Phi) is 6.70. The second-order valence-corrected chi connectivity index (χ2v) is 9.86. The number of ether oxygens (including phenoxy) is 1. The van der Waals surface area contributed by atoms with E-state index in [2.05, 4.69) is 21.7 Å². The van der Waals surface area contributed by atoms with Gasteiger partial charge in [-0.2, -0.15) is 4.31 Å². The Bertz CT molecular complexity index is 1050. The summed E-state index contributed by atoms with van der Waals surface area (Å²) in [7, 11) is -3.55. The Morgan fingerprint density at radius 2 is 1.78 bits per heavy atom. The molecule has 172 valence electrons. The predicted molar refractivity (Wildman–Crippen MR) is 119 cm³/mol. The summed E-state index contributed by atoms with van der Waals surface area (Å²) in [6.07, 6.45) is 1.43. The fourth-order valence-corrected chi connectivity index (χ4v) is 5.45. The third-order valence-electron chi connectivity index (χ3n) is 6.08. The Morgan fingerprint density at radius 3 is 2.41 bits per heavy atom. The topological polar surface area (TPSA) is 109 Å². The maximum atomic E-state index is 12.8. The van der Waals surface area contributed by atoms with Crippen molar-refractivity contribution < 1.29 is 18.1 Å². The van der Waals surface area contributed by atoms with E-state index in [-0.39, 0.29) is 21.5 Å². The molecule has 1 aromatic heterocycles. The largest absolute Gasteiger partial charge is 0.379 e. The van der Waals surface area contributed by atoms with E-state index in [9.17, 15) is 18.5 Å². The number of piperazine rings is 1. The number of nitrogens with zero attached hydrogens (tertiary/aromatic N) is 5. The van der Waals surface area contributed by atoms with Crippen molar-refractivity contribution in [3.63, 3.8) is 0 Å². The van der Waals surface area contributed by atoms with Crippen molar-refractivity contribution in [2.24, 2.45) is 0 Å². The van der Waals surface area contributed by atoms with E-state index in [1.165, 1.54) is 16.6 Å². The Balaban J connectivity index is 1.38. The smallest absolute Gasteiger partial charge is 0.269 e. The van der Waals surface area contributed by atoms with Crippen LogP contribution in [-0.4, -0.2) is 80.0 Å². The number of benzene rings is 1. The molecule has 2 aromatic rings. The minimum absolute atomic E-state index is 0.0612. The molecule has 0 amide bonds. The highest BCUT2D eigenvalue weighted by Crippen LogP contribution is 2.26. The molecule has 10 nitrogen and oxygen atoms in total. The van der Waals surface area contributed by atoms with Crippen molar-refractivity contribution in [3.8, 4) is 0 Å². The average molecular weight is 462 g/mol. The fourth-order valence-electron chi connectivity index (χ4n) is 4.10. The number of anilines is 1.